The molecule has 2 atom stereocenters. The van der Waals surface area contributed by atoms with Crippen LogP contribution in [-0.4, -0.2) is 40.3 Å². The van der Waals surface area contributed by atoms with Crippen LogP contribution in [0.1, 0.15) is 22.0 Å². The molecule has 1 amide bonds. The molecule has 17 heavy (non-hydrogen) atoms. The molecule has 0 saturated carbocycles. The first-order valence-electron chi connectivity index (χ1n) is 4.66. The van der Waals surface area contributed by atoms with E-state index in [1.54, 1.807) is 0 Å². The summed E-state index contributed by atoms with van der Waals surface area (Å²) in [5, 5.41) is 19.1. The molecule has 2 unspecified atom stereocenters. The molecule has 0 aliphatic carbocycles. The van der Waals surface area contributed by atoms with Crippen LogP contribution in [0, 0.1) is 0 Å². The lowest BCUT2D eigenvalue weighted by Crippen LogP contribution is -2.29. The molecular weight excluding hydrogens is 228 g/mol. The van der Waals surface area contributed by atoms with Gasteiger partial charge in [-0.05, 0) is 6.07 Å². The van der Waals surface area contributed by atoms with Crippen molar-refractivity contribution in [1.29, 1.82) is 0 Å². The Morgan fingerprint density at radius 3 is 2.59 bits per heavy atom. The Bertz CT molecular complexity index is 434. The maximum absolute atomic E-state index is 11.0. The molecule has 0 aliphatic heterocycles. The number of esters is 1. The number of hydrogen-bond donors (Lipinski definition) is 3. The van der Waals surface area contributed by atoms with Gasteiger partial charge in [0.15, 0.2) is 6.10 Å². The van der Waals surface area contributed by atoms with Gasteiger partial charge in [-0.25, -0.2) is 4.79 Å². The lowest BCUT2D eigenvalue weighted by atomic mass is 10.0. The van der Waals surface area contributed by atoms with E-state index in [-0.39, 0.29) is 11.1 Å². The van der Waals surface area contributed by atoms with Crippen molar-refractivity contribution in [1.82, 2.24) is 4.98 Å². The van der Waals surface area contributed by atoms with Gasteiger partial charge >= 0.3 is 5.97 Å². The molecular formula is C10H12N2O5. The number of ether oxygens (including phenoxy) is 1. The molecule has 4 N–H and O–H groups in total. The van der Waals surface area contributed by atoms with Gasteiger partial charge < -0.3 is 20.7 Å². The highest BCUT2D eigenvalue weighted by atomic mass is 16.5. The minimum atomic E-state index is -1.75. The van der Waals surface area contributed by atoms with Crippen molar-refractivity contribution >= 4 is 11.9 Å². The summed E-state index contributed by atoms with van der Waals surface area (Å²) in [6.45, 7) is 0. The number of aliphatic hydroxyl groups excluding tert-OH is 2. The summed E-state index contributed by atoms with van der Waals surface area (Å²) >= 11 is 0. The van der Waals surface area contributed by atoms with E-state index in [1.807, 2.05) is 0 Å². The largest absolute Gasteiger partial charge is 0.467 e. The second-order valence-corrected chi connectivity index (χ2v) is 3.28. The van der Waals surface area contributed by atoms with Crippen LogP contribution in [0.3, 0.4) is 0 Å². The van der Waals surface area contributed by atoms with Gasteiger partial charge in [-0.2, -0.15) is 0 Å². The van der Waals surface area contributed by atoms with Crippen LogP contribution < -0.4 is 5.73 Å². The average Bonchev–Trinajstić information content (AvgIpc) is 2.36. The maximum Gasteiger partial charge on any atom is 0.337 e. The van der Waals surface area contributed by atoms with Gasteiger partial charge in [0.05, 0.1) is 12.7 Å². The molecule has 0 radical (unpaired) electrons. The smallest absolute Gasteiger partial charge is 0.337 e. The zero-order valence-electron chi connectivity index (χ0n) is 9.03. The van der Waals surface area contributed by atoms with E-state index in [1.165, 1.54) is 18.5 Å². The third-order valence-electron chi connectivity index (χ3n) is 2.13. The molecule has 0 saturated heterocycles. The highest BCUT2D eigenvalue weighted by molar-refractivity contribution is 5.92. The molecule has 0 fully saturated rings. The first-order chi connectivity index (χ1) is 7.97. The average molecular weight is 240 g/mol. The van der Waals surface area contributed by atoms with Crippen molar-refractivity contribution in [2.24, 2.45) is 5.73 Å². The fourth-order valence-electron chi connectivity index (χ4n) is 1.19. The predicted molar refractivity (Wildman–Crippen MR) is 55.7 cm³/mol. The van der Waals surface area contributed by atoms with Crippen molar-refractivity contribution in [3.63, 3.8) is 0 Å². The molecule has 7 nitrogen and oxygen atoms in total. The van der Waals surface area contributed by atoms with Crippen molar-refractivity contribution in [3.8, 4) is 0 Å². The van der Waals surface area contributed by atoms with Crippen molar-refractivity contribution in [2.75, 3.05) is 7.11 Å². The summed E-state index contributed by atoms with van der Waals surface area (Å²) in [4.78, 5) is 25.6. The number of nitrogens with two attached hydrogens (primary N) is 1. The van der Waals surface area contributed by atoms with Crippen LogP contribution in [0.4, 0.5) is 0 Å². The Kier molecular flexibility index (Phi) is 4.13. The number of aliphatic hydroxyl groups is 2. The summed E-state index contributed by atoms with van der Waals surface area (Å²) in [5.41, 5.74) is 5.19. The lowest BCUT2D eigenvalue weighted by Gasteiger charge is -2.15. The summed E-state index contributed by atoms with van der Waals surface area (Å²) < 4.78 is 4.27. The number of hydrogen-bond acceptors (Lipinski definition) is 6. The van der Waals surface area contributed by atoms with E-state index in [0.29, 0.717) is 0 Å². The van der Waals surface area contributed by atoms with Crippen LogP contribution >= 0.6 is 0 Å². The molecule has 0 aromatic carbocycles. The fraction of sp³-hybridized carbons (Fsp3) is 0.300. The van der Waals surface area contributed by atoms with E-state index >= 15 is 0 Å². The summed E-state index contributed by atoms with van der Waals surface area (Å²) in [6.07, 6.45) is -0.856. The quantitative estimate of drug-likeness (QED) is 0.565. The SMILES string of the molecule is COC(=O)C(O)C(O)c1cncc(C(N)=O)c1. The van der Waals surface area contributed by atoms with Gasteiger partial charge in [0.2, 0.25) is 5.91 Å². The molecule has 7 heteroatoms. The summed E-state index contributed by atoms with van der Waals surface area (Å²) in [7, 11) is 1.08. The lowest BCUT2D eigenvalue weighted by molar-refractivity contribution is -0.156. The van der Waals surface area contributed by atoms with E-state index in [2.05, 4.69) is 9.72 Å². The Balaban J connectivity index is 2.96. The van der Waals surface area contributed by atoms with Gasteiger partial charge in [0.25, 0.3) is 0 Å². The molecule has 0 spiro atoms. The zero-order valence-corrected chi connectivity index (χ0v) is 9.03. The van der Waals surface area contributed by atoms with Crippen molar-refractivity contribution < 1.29 is 24.5 Å². The Morgan fingerprint density at radius 2 is 2.06 bits per heavy atom. The summed E-state index contributed by atoms with van der Waals surface area (Å²) in [5.74, 6) is -1.71. The topological polar surface area (TPSA) is 123 Å². The van der Waals surface area contributed by atoms with Crippen LogP contribution in [0.15, 0.2) is 18.5 Å². The Hall–Kier alpha value is -1.99. The molecule has 92 valence electrons. The number of primary amides is 1. The second-order valence-electron chi connectivity index (χ2n) is 3.28. The minimum absolute atomic E-state index is 0.0682. The molecule has 1 aromatic heterocycles. The van der Waals surface area contributed by atoms with Gasteiger partial charge in [0.1, 0.15) is 6.10 Å². The number of amides is 1. The number of rotatable bonds is 4. The Morgan fingerprint density at radius 1 is 1.41 bits per heavy atom. The number of aromatic nitrogens is 1. The number of carbonyl (C=O) groups excluding carboxylic acids is 2. The van der Waals surface area contributed by atoms with Crippen LogP contribution in [0.5, 0.6) is 0 Å². The fourth-order valence-corrected chi connectivity index (χ4v) is 1.19. The minimum Gasteiger partial charge on any atom is -0.467 e. The third kappa shape index (κ3) is 2.99. The van der Waals surface area contributed by atoms with Gasteiger partial charge in [-0.3, -0.25) is 9.78 Å². The third-order valence-corrected chi connectivity index (χ3v) is 2.13. The molecule has 1 rings (SSSR count). The normalized spacial score (nSPS) is 13.8. The molecule has 1 aromatic rings. The van der Waals surface area contributed by atoms with Crippen molar-refractivity contribution in [2.45, 2.75) is 12.2 Å². The second kappa shape index (κ2) is 5.37. The standard InChI is InChI=1S/C10H12N2O5/c1-17-10(16)8(14)7(13)5-2-6(9(11)15)4-12-3-5/h2-4,7-8,13-14H,1H3,(H2,11,15). The predicted octanol–water partition coefficient (Wildman–Crippen LogP) is -1.25. The van der Waals surface area contributed by atoms with Crippen LogP contribution in [0.2, 0.25) is 0 Å². The molecule has 0 bridgehead atoms. The van der Waals surface area contributed by atoms with Crippen LogP contribution in [-0.2, 0) is 9.53 Å². The number of methoxy groups -OCH3 is 1. The van der Waals surface area contributed by atoms with E-state index in [4.69, 9.17) is 5.73 Å². The maximum atomic E-state index is 11.0. The van der Waals surface area contributed by atoms with Crippen LogP contribution in [0.25, 0.3) is 0 Å². The van der Waals surface area contributed by atoms with E-state index in [0.717, 1.165) is 7.11 Å². The first-order valence-corrected chi connectivity index (χ1v) is 4.66. The number of pyridine rings is 1. The molecule has 1 heterocycles. The number of carbonyl (C=O) groups is 2. The highest BCUT2D eigenvalue weighted by Gasteiger charge is 2.27. The van der Waals surface area contributed by atoms with Gasteiger partial charge in [0, 0.05) is 18.0 Å². The van der Waals surface area contributed by atoms with Gasteiger partial charge in [-0.15, -0.1) is 0 Å². The number of nitrogens with zero attached hydrogens (tertiary/aromatic N) is 1. The molecule has 0 aliphatic rings. The van der Waals surface area contributed by atoms with Crippen molar-refractivity contribution in [3.05, 3.63) is 29.6 Å². The highest BCUT2D eigenvalue weighted by Crippen LogP contribution is 2.17. The van der Waals surface area contributed by atoms with E-state index in [9.17, 15) is 19.8 Å². The monoisotopic (exact) mass is 240 g/mol. The zero-order chi connectivity index (χ0) is 13.0. The van der Waals surface area contributed by atoms with E-state index < -0.39 is 24.1 Å². The Labute approximate surface area is 96.8 Å². The first kappa shape index (κ1) is 13.1. The summed E-state index contributed by atoms with van der Waals surface area (Å²) in [6, 6.07) is 1.24. The van der Waals surface area contributed by atoms with Gasteiger partial charge in [-0.1, -0.05) is 0 Å².